The van der Waals surface area contributed by atoms with Gasteiger partial charge in [0.25, 0.3) is 0 Å². The standard InChI is InChI=1S/C19H18N2O3S/c1-13(14-6-3-2-4-7-14)21-19(23)18(22)20-12-15-9-10-16(24-15)17-8-5-11-25-17/h2-11,13H,12H2,1H3,(H,20,22)(H,21,23)/t13-/m0/s1. The van der Waals surface area contributed by atoms with Crippen LogP contribution >= 0.6 is 11.3 Å². The van der Waals surface area contributed by atoms with Gasteiger partial charge in [0.2, 0.25) is 0 Å². The SMILES string of the molecule is C[C@H](NC(=O)C(=O)NCc1ccc(-c2cccs2)o1)c1ccccc1. The Balaban J connectivity index is 1.51. The normalized spacial score (nSPS) is 11.7. The summed E-state index contributed by atoms with van der Waals surface area (Å²) in [5.41, 5.74) is 0.940. The second-order valence-electron chi connectivity index (χ2n) is 5.53. The fourth-order valence-corrected chi connectivity index (χ4v) is 3.05. The molecular weight excluding hydrogens is 336 g/mol. The number of hydrogen-bond donors (Lipinski definition) is 2. The molecule has 128 valence electrons. The predicted molar refractivity (Wildman–Crippen MR) is 96.9 cm³/mol. The minimum Gasteiger partial charge on any atom is -0.458 e. The molecular formula is C19H18N2O3S. The third kappa shape index (κ3) is 4.36. The van der Waals surface area contributed by atoms with Crippen molar-refractivity contribution in [3.05, 3.63) is 71.3 Å². The van der Waals surface area contributed by atoms with E-state index < -0.39 is 11.8 Å². The summed E-state index contributed by atoms with van der Waals surface area (Å²) in [6, 6.07) is 16.8. The van der Waals surface area contributed by atoms with Crippen molar-refractivity contribution in [2.45, 2.75) is 19.5 Å². The van der Waals surface area contributed by atoms with E-state index >= 15 is 0 Å². The molecule has 0 spiro atoms. The summed E-state index contributed by atoms with van der Waals surface area (Å²) in [4.78, 5) is 25.0. The van der Waals surface area contributed by atoms with Crippen LogP contribution in [0.25, 0.3) is 10.6 Å². The van der Waals surface area contributed by atoms with Crippen molar-refractivity contribution in [3.8, 4) is 10.6 Å². The lowest BCUT2D eigenvalue weighted by Gasteiger charge is -2.13. The Morgan fingerprint density at radius 1 is 1.04 bits per heavy atom. The van der Waals surface area contributed by atoms with E-state index in [-0.39, 0.29) is 12.6 Å². The minimum atomic E-state index is -0.683. The Labute approximate surface area is 149 Å². The van der Waals surface area contributed by atoms with E-state index in [0.717, 1.165) is 16.2 Å². The van der Waals surface area contributed by atoms with E-state index in [0.29, 0.717) is 5.76 Å². The molecule has 3 rings (SSSR count). The number of benzene rings is 1. The Kier molecular flexibility index (Phi) is 5.30. The van der Waals surface area contributed by atoms with Crippen molar-refractivity contribution < 1.29 is 14.0 Å². The summed E-state index contributed by atoms with van der Waals surface area (Å²) in [5.74, 6) is 0.000280. The topological polar surface area (TPSA) is 71.3 Å². The van der Waals surface area contributed by atoms with Crippen molar-refractivity contribution >= 4 is 23.2 Å². The average Bonchev–Trinajstić information content (AvgIpc) is 3.31. The van der Waals surface area contributed by atoms with Crippen LogP contribution in [0.4, 0.5) is 0 Å². The number of hydrogen-bond acceptors (Lipinski definition) is 4. The third-order valence-corrected chi connectivity index (χ3v) is 4.59. The van der Waals surface area contributed by atoms with Crippen LogP contribution in [0.2, 0.25) is 0 Å². The molecule has 0 aliphatic heterocycles. The van der Waals surface area contributed by atoms with Gasteiger partial charge >= 0.3 is 11.8 Å². The Morgan fingerprint density at radius 3 is 2.56 bits per heavy atom. The van der Waals surface area contributed by atoms with Crippen LogP contribution < -0.4 is 10.6 Å². The number of rotatable bonds is 5. The summed E-state index contributed by atoms with van der Waals surface area (Å²) in [6.45, 7) is 2.00. The molecule has 0 fully saturated rings. The maximum atomic E-state index is 12.0. The van der Waals surface area contributed by atoms with E-state index in [2.05, 4.69) is 10.6 Å². The maximum Gasteiger partial charge on any atom is 0.309 e. The van der Waals surface area contributed by atoms with Gasteiger partial charge in [0.05, 0.1) is 17.5 Å². The predicted octanol–water partition coefficient (Wildman–Crippen LogP) is 3.50. The summed E-state index contributed by atoms with van der Waals surface area (Å²) in [6.07, 6.45) is 0. The van der Waals surface area contributed by atoms with Crippen molar-refractivity contribution in [1.82, 2.24) is 10.6 Å². The van der Waals surface area contributed by atoms with Gasteiger partial charge in [-0.3, -0.25) is 9.59 Å². The summed E-state index contributed by atoms with van der Waals surface area (Å²) in [5, 5.41) is 7.22. The number of thiophene rings is 1. The molecule has 1 aromatic carbocycles. The molecule has 2 heterocycles. The highest BCUT2D eigenvalue weighted by Crippen LogP contribution is 2.26. The number of amides is 2. The van der Waals surface area contributed by atoms with Gasteiger partial charge in [-0.25, -0.2) is 0 Å². The van der Waals surface area contributed by atoms with Gasteiger partial charge in [-0.2, -0.15) is 0 Å². The number of nitrogens with one attached hydrogen (secondary N) is 2. The molecule has 2 amide bonds. The van der Waals surface area contributed by atoms with Crippen molar-refractivity contribution in [3.63, 3.8) is 0 Å². The first-order valence-electron chi connectivity index (χ1n) is 7.89. The molecule has 0 aliphatic rings. The van der Waals surface area contributed by atoms with Gasteiger partial charge in [0.15, 0.2) is 0 Å². The van der Waals surface area contributed by atoms with Crippen LogP contribution in [0.15, 0.2) is 64.4 Å². The summed E-state index contributed by atoms with van der Waals surface area (Å²) < 4.78 is 5.67. The van der Waals surface area contributed by atoms with E-state index in [1.54, 1.807) is 17.4 Å². The molecule has 1 atom stereocenters. The molecule has 2 N–H and O–H groups in total. The zero-order chi connectivity index (χ0) is 17.6. The van der Waals surface area contributed by atoms with Gasteiger partial charge in [0.1, 0.15) is 11.5 Å². The van der Waals surface area contributed by atoms with Crippen LogP contribution in [-0.2, 0) is 16.1 Å². The van der Waals surface area contributed by atoms with E-state index in [1.165, 1.54) is 0 Å². The first-order chi connectivity index (χ1) is 12.1. The van der Waals surface area contributed by atoms with Crippen molar-refractivity contribution in [1.29, 1.82) is 0 Å². The zero-order valence-electron chi connectivity index (χ0n) is 13.7. The monoisotopic (exact) mass is 354 g/mol. The highest BCUT2D eigenvalue weighted by atomic mass is 32.1. The lowest BCUT2D eigenvalue weighted by molar-refractivity contribution is -0.139. The van der Waals surface area contributed by atoms with Crippen LogP contribution in [0.3, 0.4) is 0 Å². The van der Waals surface area contributed by atoms with Gasteiger partial charge < -0.3 is 15.1 Å². The van der Waals surface area contributed by atoms with Gasteiger partial charge in [-0.1, -0.05) is 36.4 Å². The van der Waals surface area contributed by atoms with Crippen LogP contribution in [0.1, 0.15) is 24.3 Å². The van der Waals surface area contributed by atoms with Crippen LogP contribution in [-0.4, -0.2) is 11.8 Å². The van der Waals surface area contributed by atoms with E-state index in [9.17, 15) is 9.59 Å². The molecule has 5 nitrogen and oxygen atoms in total. The third-order valence-electron chi connectivity index (χ3n) is 3.70. The molecule has 0 bridgehead atoms. The second kappa shape index (κ2) is 7.81. The van der Waals surface area contributed by atoms with Crippen LogP contribution in [0.5, 0.6) is 0 Å². The first kappa shape index (κ1) is 17.0. The minimum absolute atomic E-state index is 0.164. The fraction of sp³-hybridized carbons (Fsp3) is 0.158. The molecule has 0 radical (unpaired) electrons. The highest BCUT2D eigenvalue weighted by Gasteiger charge is 2.17. The Bertz CT molecular complexity index is 841. The fourth-order valence-electron chi connectivity index (χ4n) is 2.36. The van der Waals surface area contributed by atoms with Crippen LogP contribution in [0, 0.1) is 0 Å². The lowest BCUT2D eigenvalue weighted by atomic mass is 10.1. The Hall–Kier alpha value is -2.86. The van der Waals surface area contributed by atoms with Crippen molar-refractivity contribution in [2.24, 2.45) is 0 Å². The largest absolute Gasteiger partial charge is 0.458 e. The Morgan fingerprint density at radius 2 is 1.84 bits per heavy atom. The van der Waals surface area contributed by atoms with Gasteiger partial charge in [-0.05, 0) is 36.1 Å². The van der Waals surface area contributed by atoms with Crippen molar-refractivity contribution in [2.75, 3.05) is 0 Å². The summed E-state index contributed by atoms with van der Waals surface area (Å²) >= 11 is 1.58. The lowest BCUT2D eigenvalue weighted by Crippen LogP contribution is -2.40. The van der Waals surface area contributed by atoms with Gasteiger partial charge in [-0.15, -0.1) is 11.3 Å². The van der Waals surface area contributed by atoms with E-state index in [1.807, 2.05) is 60.8 Å². The molecule has 6 heteroatoms. The molecule has 2 aromatic heterocycles. The molecule has 0 saturated carbocycles. The molecule has 25 heavy (non-hydrogen) atoms. The molecule has 3 aromatic rings. The second-order valence-corrected chi connectivity index (χ2v) is 6.48. The maximum absolute atomic E-state index is 12.0. The van der Waals surface area contributed by atoms with E-state index in [4.69, 9.17) is 4.42 Å². The molecule has 0 unspecified atom stereocenters. The average molecular weight is 354 g/mol. The molecule has 0 aliphatic carbocycles. The molecule has 0 saturated heterocycles. The number of furan rings is 1. The summed E-state index contributed by atoms with van der Waals surface area (Å²) in [7, 11) is 0. The zero-order valence-corrected chi connectivity index (χ0v) is 14.5. The highest BCUT2D eigenvalue weighted by molar-refractivity contribution is 7.13. The quantitative estimate of drug-likeness (QED) is 0.689. The number of carbonyl (C=O) groups is 2. The smallest absolute Gasteiger partial charge is 0.309 e. The van der Waals surface area contributed by atoms with Gasteiger partial charge in [0, 0.05) is 0 Å². The first-order valence-corrected chi connectivity index (χ1v) is 8.77. The number of carbonyl (C=O) groups excluding carboxylic acids is 2.